The summed E-state index contributed by atoms with van der Waals surface area (Å²) in [7, 11) is 1.91. The van der Waals surface area contributed by atoms with Crippen molar-refractivity contribution in [3.05, 3.63) is 59.6 Å². The quantitative estimate of drug-likeness (QED) is 0.535. The van der Waals surface area contributed by atoms with E-state index in [0.29, 0.717) is 23.3 Å². The Morgan fingerprint density at radius 3 is 2.71 bits per heavy atom. The van der Waals surface area contributed by atoms with Crippen LogP contribution in [-0.2, 0) is 7.05 Å². The first-order valence-corrected chi connectivity index (χ1v) is 9.09. The Morgan fingerprint density at radius 2 is 1.93 bits per heavy atom. The van der Waals surface area contributed by atoms with Gasteiger partial charge in [-0.25, -0.2) is 0 Å². The number of rotatable bonds is 6. The van der Waals surface area contributed by atoms with Gasteiger partial charge in [-0.1, -0.05) is 24.6 Å². The van der Waals surface area contributed by atoms with Gasteiger partial charge in [-0.05, 0) is 35.5 Å². The monoisotopic (exact) mass is 395 g/mol. The smallest absolute Gasteiger partial charge is 0.224 e. The predicted molar refractivity (Wildman–Crippen MR) is 105 cm³/mol. The minimum atomic E-state index is 0.0222. The highest BCUT2D eigenvalue weighted by Gasteiger charge is 2.16. The van der Waals surface area contributed by atoms with Crippen LogP contribution in [0.2, 0.25) is 5.02 Å². The second-order valence-corrected chi connectivity index (χ2v) is 6.78. The Kier molecular flexibility index (Phi) is 4.98. The summed E-state index contributed by atoms with van der Waals surface area (Å²) in [6, 6.07) is 11.1. The molecule has 4 rings (SSSR count). The molecule has 28 heavy (non-hydrogen) atoms. The Hall–Kier alpha value is -3.33. The molecule has 1 atom stereocenters. The van der Waals surface area contributed by atoms with Gasteiger partial charge >= 0.3 is 0 Å². The molecule has 0 bridgehead atoms. The number of benzene rings is 1. The molecule has 0 fully saturated rings. The summed E-state index contributed by atoms with van der Waals surface area (Å²) in [5.41, 5.74) is 1.72. The molecule has 0 aliphatic heterocycles. The molecular formula is C18H18ClN9. The van der Waals surface area contributed by atoms with Crippen LogP contribution in [0.15, 0.2) is 48.8 Å². The van der Waals surface area contributed by atoms with Gasteiger partial charge in [-0.3, -0.25) is 9.55 Å². The van der Waals surface area contributed by atoms with Crippen molar-refractivity contribution in [1.82, 2.24) is 40.0 Å². The van der Waals surface area contributed by atoms with E-state index in [9.17, 15) is 0 Å². The lowest BCUT2D eigenvalue weighted by Gasteiger charge is -2.10. The molecule has 142 valence electrons. The van der Waals surface area contributed by atoms with E-state index >= 15 is 0 Å². The van der Waals surface area contributed by atoms with Crippen molar-refractivity contribution in [3.8, 4) is 17.1 Å². The van der Waals surface area contributed by atoms with Gasteiger partial charge in [0.2, 0.25) is 5.95 Å². The number of nitrogens with zero attached hydrogens (tertiary/aromatic N) is 8. The number of nitrogens with one attached hydrogen (secondary N) is 1. The minimum absolute atomic E-state index is 0.0222. The largest absolute Gasteiger partial charge is 0.354 e. The van der Waals surface area contributed by atoms with E-state index in [1.54, 1.807) is 24.5 Å². The molecule has 0 aliphatic rings. The molecule has 0 saturated heterocycles. The molecule has 0 spiro atoms. The lowest BCUT2D eigenvalue weighted by molar-refractivity contribution is 0.701. The van der Waals surface area contributed by atoms with Gasteiger partial charge in [0, 0.05) is 42.5 Å². The van der Waals surface area contributed by atoms with Crippen LogP contribution >= 0.6 is 11.6 Å². The lowest BCUT2D eigenvalue weighted by atomic mass is 10.2. The fourth-order valence-corrected chi connectivity index (χ4v) is 2.89. The molecule has 0 saturated carbocycles. The zero-order valence-corrected chi connectivity index (χ0v) is 16.1. The number of anilines is 1. The van der Waals surface area contributed by atoms with E-state index < -0.39 is 0 Å². The second-order valence-electron chi connectivity index (χ2n) is 6.34. The van der Waals surface area contributed by atoms with Gasteiger partial charge in [0.1, 0.15) is 0 Å². The van der Waals surface area contributed by atoms with E-state index in [1.807, 2.05) is 42.8 Å². The van der Waals surface area contributed by atoms with Gasteiger partial charge in [0.05, 0.1) is 5.69 Å². The summed E-state index contributed by atoms with van der Waals surface area (Å²) in [6.45, 7) is 2.61. The average molecular weight is 396 g/mol. The van der Waals surface area contributed by atoms with Crippen LogP contribution in [0.3, 0.4) is 0 Å². The summed E-state index contributed by atoms with van der Waals surface area (Å²) in [6.07, 6.45) is 3.46. The number of pyridine rings is 1. The molecule has 10 heteroatoms. The molecule has 4 aromatic rings. The minimum Gasteiger partial charge on any atom is -0.354 e. The van der Waals surface area contributed by atoms with Crippen LogP contribution in [-0.4, -0.2) is 46.5 Å². The maximum Gasteiger partial charge on any atom is 0.224 e. The van der Waals surface area contributed by atoms with Crippen LogP contribution in [0.1, 0.15) is 18.7 Å². The van der Waals surface area contributed by atoms with Gasteiger partial charge in [0.25, 0.3) is 0 Å². The van der Waals surface area contributed by atoms with Gasteiger partial charge in [0.15, 0.2) is 11.6 Å². The molecule has 3 heterocycles. The van der Waals surface area contributed by atoms with Crippen molar-refractivity contribution in [2.75, 3.05) is 11.9 Å². The van der Waals surface area contributed by atoms with Crippen LogP contribution in [0.5, 0.6) is 0 Å². The van der Waals surface area contributed by atoms with Crippen LogP contribution < -0.4 is 5.32 Å². The highest BCUT2D eigenvalue weighted by Crippen LogP contribution is 2.19. The zero-order chi connectivity index (χ0) is 19.5. The Balaban J connectivity index is 1.44. The van der Waals surface area contributed by atoms with Crippen molar-refractivity contribution in [2.24, 2.45) is 7.05 Å². The highest BCUT2D eigenvalue weighted by molar-refractivity contribution is 6.30. The van der Waals surface area contributed by atoms with Crippen molar-refractivity contribution >= 4 is 17.5 Å². The van der Waals surface area contributed by atoms with Crippen LogP contribution in [0, 0.1) is 0 Å². The third-order valence-corrected chi connectivity index (χ3v) is 4.52. The third kappa shape index (κ3) is 3.70. The summed E-state index contributed by atoms with van der Waals surface area (Å²) in [5.74, 6) is 2.08. The summed E-state index contributed by atoms with van der Waals surface area (Å²) < 4.78 is 1.90. The number of halogens is 1. The summed E-state index contributed by atoms with van der Waals surface area (Å²) >= 11 is 6.02. The van der Waals surface area contributed by atoms with Crippen molar-refractivity contribution in [3.63, 3.8) is 0 Å². The zero-order valence-electron chi connectivity index (χ0n) is 15.4. The average Bonchev–Trinajstić information content (AvgIpc) is 3.34. The summed E-state index contributed by atoms with van der Waals surface area (Å²) in [5, 5.41) is 25.1. The van der Waals surface area contributed by atoms with E-state index in [-0.39, 0.29) is 5.92 Å². The normalized spacial score (nSPS) is 12.1. The number of hydrogen-bond acceptors (Lipinski definition) is 7. The molecule has 3 aromatic heterocycles. The van der Waals surface area contributed by atoms with E-state index in [1.165, 1.54) is 4.80 Å². The third-order valence-electron chi connectivity index (χ3n) is 4.29. The van der Waals surface area contributed by atoms with Crippen LogP contribution in [0.4, 0.5) is 5.95 Å². The SMILES string of the molecule is CC(CNc1nnc(-c2ccncc2)n1C)c1nnn(-c2cccc(Cl)c2)n1. The topological polar surface area (TPSA) is 99.2 Å². The summed E-state index contributed by atoms with van der Waals surface area (Å²) in [4.78, 5) is 5.50. The first-order valence-electron chi connectivity index (χ1n) is 8.71. The maximum absolute atomic E-state index is 6.02. The van der Waals surface area contributed by atoms with Gasteiger partial charge in [-0.2, -0.15) is 0 Å². The number of tetrazole rings is 1. The molecule has 0 aliphatic carbocycles. The van der Waals surface area contributed by atoms with Crippen molar-refractivity contribution < 1.29 is 0 Å². The van der Waals surface area contributed by atoms with E-state index in [2.05, 4.69) is 35.9 Å². The molecule has 0 radical (unpaired) electrons. The standard InChI is InChI=1S/C18H18ClN9/c1-12(16-22-26-28(25-16)15-5-3-4-14(19)10-15)11-21-18-24-23-17(27(18)2)13-6-8-20-9-7-13/h3-10,12H,11H2,1-2H3,(H,21,24). The molecule has 1 N–H and O–H groups in total. The van der Waals surface area contributed by atoms with E-state index in [4.69, 9.17) is 11.6 Å². The number of aromatic nitrogens is 8. The molecule has 1 aromatic carbocycles. The first-order chi connectivity index (χ1) is 13.6. The Bertz CT molecular complexity index is 1070. The van der Waals surface area contributed by atoms with Crippen molar-refractivity contribution in [2.45, 2.75) is 12.8 Å². The van der Waals surface area contributed by atoms with Crippen LogP contribution in [0.25, 0.3) is 17.1 Å². The van der Waals surface area contributed by atoms with E-state index in [0.717, 1.165) is 17.1 Å². The fourth-order valence-electron chi connectivity index (χ4n) is 2.70. The van der Waals surface area contributed by atoms with Gasteiger partial charge in [-0.15, -0.1) is 25.2 Å². The molecular weight excluding hydrogens is 378 g/mol. The first kappa shape index (κ1) is 18.1. The fraction of sp³-hybridized carbons (Fsp3) is 0.222. The second kappa shape index (κ2) is 7.73. The molecule has 9 nitrogen and oxygen atoms in total. The highest BCUT2D eigenvalue weighted by atomic mass is 35.5. The van der Waals surface area contributed by atoms with Gasteiger partial charge < -0.3 is 5.32 Å². The Labute approximate surface area is 166 Å². The molecule has 1 unspecified atom stereocenters. The maximum atomic E-state index is 6.02. The molecule has 0 amide bonds. The lowest BCUT2D eigenvalue weighted by Crippen LogP contribution is -2.14. The predicted octanol–water partition coefficient (Wildman–Crippen LogP) is 2.72. The number of hydrogen-bond donors (Lipinski definition) is 1. The van der Waals surface area contributed by atoms with Crippen molar-refractivity contribution in [1.29, 1.82) is 0 Å². The Morgan fingerprint density at radius 1 is 1.11 bits per heavy atom.